The molecule has 0 spiro atoms. The molecule has 0 aliphatic heterocycles. The summed E-state index contributed by atoms with van der Waals surface area (Å²) in [5, 5.41) is 9.26. The van der Waals surface area contributed by atoms with Crippen LogP contribution < -0.4 is 4.74 Å². The minimum absolute atomic E-state index is 0.130. The van der Waals surface area contributed by atoms with Crippen LogP contribution in [0.3, 0.4) is 0 Å². The molecular formula is C18H11BrF4O4. The Morgan fingerprint density at radius 3 is 2.52 bits per heavy atom. The number of carboxylic acids is 1. The zero-order valence-electron chi connectivity index (χ0n) is 13.4. The van der Waals surface area contributed by atoms with Gasteiger partial charge in [-0.15, -0.1) is 13.2 Å². The van der Waals surface area contributed by atoms with Gasteiger partial charge in [-0.3, -0.25) is 0 Å². The van der Waals surface area contributed by atoms with Crippen LogP contribution in [-0.4, -0.2) is 17.4 Å². The molecule has 0 radical (unpaired) electrons. The van der Waals surface area contributed by atoms with Gasteiger partial charge in [0.15, 0.2) is 0 Å². The Morgan fingerprint density at radius 2 is 1.89 bits per heavy atom. The zero-order valence-corrected chi connectivity index (χ0v) is 15.0. The molecule has 142 valence electrons. The first kappa shape index (κ1) is 19.2. The number of halogens is 5. The SMILES string of the molecule is O=C(O)c1cc2cc(F)c(CCc3ccc(OC(F)(F)F)c(Br)c3)cc2o1. The van der Waals surface area contributed by atoms with Crippen LogP contribution in [0.25, 0.3) is 11.0 Å². The number of hydrogen-bond donors (Lipinski definition) is 1. The number of rotatable bonds is 5. The van der Waals surface area contributed by atoms with E-state index in [9.17, 15) is 22.4 Å². The molecule has 0 fully saturated rings. The van der Waals surface area contributed by atoms with Crippen LogP contribution in [0.4, 0.5) is 17.6 Å². The van der Waals surface area contributed by atoms with E-state index in [0.29, 0.717) is 22.9 Å². The predicted octanol–water partition coefficient (Wildman–Crippen LogP) is 5.72. The summed E-state index contributed by atoms with van der Waals surface area (Å²) in [7, 11) is 0. The molecule has 1 heterocycles. The number of ether oxygens (including phenoxy) is 1. The van der Waals surface area contributed by atoms with Crippen molar-refractivity contribution in [2.24, 2.45) is 0 Å². The van der Waals surface area contributed by atoms with E-state index >= 15 is 0 Å². The van der Waals surface area contributed by atoms with Crippen molar-refractivity contribution in [3.8, 4) is 5.75 Å². The lowest BCUT2D eigenvalue weighted by Crippen LogP contribution is -2.17. The minimum atomic E-state index is -4.79. The monoisotopic (exact) mass is 446 g/mol. The third-order valence-electron chi connectivity index (χ3n) is 3.80. The molecular weight excluding hydrogens is 436 g/mol. The molecule has 27 heavy (non-hydrogen) atoms. The van der Waals surface area contributed by atoms with E-state index in [1.807, 2.05) is 0 Å². The first-order valence-corrected chi connectivity index (χ1v) is 8.41. The molecule has 0 unspecified atom stereocenters. The van der Waals surface area contributed by atoms with E-state index in [-0.39, 0.29) is 28.0 Å². The van der Waals surface area contributed by atoms with Gasteiger partial charge in [0.25, 0.3) is 0 Å². The zero-order chi connectivity index (χ0) is 19.8. The van der Waals surface area contributed by atoms with Gasteiger partial charge in [-0.25, -0.2) is 9.18 Å². The molecule has 9 heteroatoms. The van der Waals surface area contributed by atoms with Gasteiger partial charge < -0.3 is 14.3 Å². The normalized spacial score (nSPS) is 11.7. The summed E-state index contributed by atoms with van der Waals surface area (Å²) in [5.74, 6) is -2.42. The summed E-state index contributed by atoms with van der Waals surface area (Å²) in [6.07, 6.45) is -4.20. The lowest BCUT2D eigenvalue weighted by molar-refractivity contribution is -0.274. The molecule has 1 N–H and O–H groups in total. The number of fused-ring (bicyclic) bond motifs is 1. The van der Waals surface area contributed by atoms with Gasteiger partial charge in [0.1, 0.15) is 17.1 Å². The average Bonchev–Trinajstić information content (AvgIpc) is 2.97. The molecule has 0 bridgehead atoms. The highest BCUT2D eigenvalue weighted by Crippen LogP contribution is 2.31. The summed E-state index contributed by atoms with van der Waals surface area (Å²) in [6, 6.07) is 7.95. The van der Waals surface area contributed by atoms with Crippen LogP contribution in [0.15, 0.2) is 45.3 Å². The third-order valence-corrected chi connectivity index (χ3v) is 4.42. The van der Waals surface area contributed by atoms with Gasteiger partial charge in [-0.1, -0.05) is 6.07 Å². The number of benzene rings is 2. The van der Waals surface area contributed by atoms with E-state index < -0.39 is 18.1 Å². The van der Waals surface area contributed by atoms with E-state index in [0.717, 1.165) is 0 Å². The summed E-state index contributed by atoms with van der Waals surface area (Å²) in [4.78, 5) is 10.9. The maximum atomic E-state index is 14.2. The lowest BCUT2D eigenvalue weighted by Gasteiger charge is -2.11. The van der Waals surface area contributed by atoms with Crippen molar-refractivity contribution in [2.45, 2.75) is 19.2 Å². The number of hydrogen-bond acceptors (Lipinski definition) is 3. The first-order chi connectivity index (χ1) is 12.6. The van der Waals surface area contributed by atoms with Gasteiger partial charge in [-0.2, -0.15) is 0 Å². The van der Waals surface area contributed by atoms with Gasteiger partial charge in [0.2, 0.25) is 5.76 Å². The third kappa shape index (κ3) is 4.60. The highest BCUT2D eigenvalue weighted by molar-refractivity contribution is 9.10. The number of aromatic carboxylic acids is 1. The van der Waals surface area contributed by atoms with E-state index in [1.165, 1.54) is 36.4 Å². The minimum Gasteiger partial charge on any atom is -0.475 e. The Bertz CT molecular complexity index is 1010. The van der Waals surface area contributed by atoms with Gasteiger partial charge in [-0.05, 0) is 70.2 Å². The van der Waals surface area contributed by atoms with Crippen molar-refractivity contribution in [1.29, 1.82) is 0 Å². The molecule has 0 aliphatic carbocycles. The second kappa shape index (κ2) is 7.22. The van der Waals surface area contributed by atoms with Gasteiger partial charge in [0.05, 0.1) is 4.47 Å². The van der Waals surface area contributed by atoms with Crippen molar-refractivity contribution in [1.82, 2.24) is 0 Å². The molecule has 0 amide bonds. The molecule has 3 aromatic rings. The van der Waals surface area contributed by atoms with Crippen LogP contribution in [0, 0.1) is 5.82 Å². The number of aryl methyl sites for hydroxylation is 2. The van der Waals surface area contributed by atoms with E-state index in [1.54, 1.807) is 0 Å². The summed E-state index contributed by atoms with van der Waals surface area (Å²) in [6.45, 7) is 0. The summed E-state index contributed by atoms with van der Waals surface area (Å²) in [5.41, 5.74) is 1.22. The highest BCUT2D eigenvalue weighted by Gasteiger charge is 2.31. The second-order valence-corrected chi connectivity index (χ2v) is 6.56. The quantitative estimate of drug-likeness (QED) is 0.509. The van der Waals surface area contributed by atoms with Gasteiger partial charge >= 0.3 is 12.3 Å². The molecule has 0 atom stereocenters. The Hall–Kier alpha value is -2.55. The fraction of sp³-hybridized carbons (Fsp3) is 0.167. The average molecular weight is 447 g/mol. The van der Waals surface area contributed by atoms with E-state index in [2.05, 4.69) is 20.7 Å². The molecule has 0 saturated carbocycles. The summed E-state index contributed by atoms with van der Waals surface area (Å²) < 4.78 is 60.2. The van der Waals surface area contributed by atoms with Crippen LogP contribution in [0.1, 0.15) is 21.7 Å². The fourth-order valence-electron chi connectivity index (χ4n) is 2.58. The van der Waals surface area contributed by atoms with Crippen molar-refractivity contribution in [2.75, 3.05) is 0 Å². The molecule has 1 aromatic heterocycles. The maximum absolute atomic E-state index is 14.2. The maximum Gasteiger partial charge on any atom is 0.573 e. The topological polar surface area (TPSA) is 59.7 Å². The van der Waals surface area contributed by atoms with Crippen molar-refractivity contribution in [3.05, 3.63) is 63.6 Å². The molecule has 3 rings (SSSR count). The Labute approximate surface area is 158 Å². The molecule has 0 saturated heterocycles. The van der Waals surface area contributed by atoms with Crippen LogP contribution >= 0.6 is 15.9 Å². The van der Waals surface area contributed by atoms with Crippen LogP contribution in [0.2, 0.25) is 0 Å². The highest BCUT2D eigenvalue weighted by atomic mass is 79.9. The predicted molar refractivity (Wildman–Crippen MR) is 91.4 cm³/mol. The number of carboxylic acid groups (broad SMARTS) is 1. The Balaban J connectivity index is 1.77. The smallest absolute Gasteiger partial charge is 0.475 e. The lowest BCUT2D eigenvalue weighted by atomic mass is 10.0. The molecule has 4 nitrogen and oxygen atoms in total. The van der Waals surface area contributed by atoms with Crippen molar-refractivity contribution < 1.29 is 36.6 Å². The van der Waals surface area contributed by atoms with Crippen molar-refractivity contribution in [3.63, 3.8) is 0 Å². The van der Waals surface area contributed by atoms with E-state index in [4.69, 9.17) is 9.52 Å². The standard InChI is InChI=1S/C18H11BrF4O4/c19-12-5-9(2-4-14(12)27-18(21,22)23)1-3-10-7-15-11(6-13(10)20)8-16(26-15)17(24)25/h2,4-8H,1,3H2,(H,24,25). The number of furan rings is 1. The number of alkyl halides is 3. The Kier molecular flexibility index (Phi) is 5.14. The summed E-state index contributed by atoms with van der Waals surface area (Å²) >= 11 is 3.02. The molecule has 2 aromatic carbocycles. The van der Waals surface area contributed by atoms with Crippen molar-refractivity contribution >= 4 is 32.9 Å². The first-order valence-electron chi connectivity index (χ1n) is 7.62. The second-order valence-electron chi connectivity index (χ2n) is 5.71. The largest absolute Gasteiger partial charge is 0.573 e. The van der Waals surface area contributed by atoms with Gasteiger partial charge in [0, 0.05) is 5.39 Å². The van der Waals surface area contributed by atoms with Crippen LogP contribution in [0.5, 0.6) is 5.75 Å². The number of carbonyl (C=O) groups is 1. The Morgan fingerprint density at radius 1 is 1.15 bits per heavy atom. The molecule has 0 aliphatic rings. The van der Waals surface area contributed by atoms with Crippen LogP contribution in [-0.2, 0) is 12.8 Å². The fourth-order valence-corrected chi connectivity index (χ4v) is 3.09.